The van der Waals surface area contributed by atoms with Gasteiger partial charge in [0.15, 0.2) is 5.60 Å². The van der Waals surface area contributed by atoms with Crippen molar-refractivity contribution >= 4 is 18.0 Å². The Morgan fingerprint density at radius 3 is 2.54 bits per heavy atom. The molecular weight excluding hydrogens is 356 g/mol. The van der Waals surface area contributed by atoms with Crippen LogP contribution in [0.2, 0.25) is 0 Å². The molecule has 1 saturated heterocycles. The van der Waals surface area contributed by atoms with Gasteiger partial charge in [0.1, 0.15) is 12.4 Å². The number of hydrogen-bond acceptors (Lipinski definition) is 5. The van der Waals surface area contributed by atoms with Crippen molar-refractivity contribution in [1.82, 2.24) is 0 Å². The largest absolute Gasteiger partial charge is 0.459 e. The Kier molecular flexibility index (Phi) is 5.95. The quantitative estimate of drug-likeness (QED) is 0.314. The summed E-state index contributed by atoms with van der Waals surface area (Å²) in [6.07, 6.45) is 3.09. The summed E-state index contributed by atoms with van der Waals surface area (Å²) in [5.41, 5.74) is 1.83. The Bertz CT molecular complexity index is 879. The molecular formula is C23H24O5. The minimum absolute atomic E-state index is 0.0558. The van der Waals surface area contributed by atoms with E-state index in [0.717, 1.165) is 11.1 Å². The van der Waals surface area contributed by atoms with Crippen molar-refractivity contribution in [3.63, 3.8) is 0 Å². The van der Waals surface area contributed by atoms with Gasteiger partial charge in [-0.15, -0.1) is 0 Å². The Hall–Kier alpha value is -2.92. The minimum Gasteiger partial charge on any atom is -0.459 e. The number of aryl methyl sites for hydroxylation is 1. The number of hydrogen-bond donors (Lipinski definition) is 0. The number of rotatable bonds is 7. The lowest BCUT2D eigenvalue weighted by Crippen LogP contribution is -2.22. The second-order valence-electron chi connectivity index (χ2n) is 7.21. The monoisotopic (exact) mass is 380 g/mol. The summed E-state index contributed by atoms with van der Waals surface area (Å²) in [7, 11) is 0. The van der Waals surface area contributed by atoms with Gasteiger partial charge >= 0.3 is 11.9 Å². The number of esters is 2. The Labute approximate surface area is 164 Å². The molecule has 0 unspecified atom stereocenters. The maximum atomic E-state index is 12.1. The number of carbonyl (C=O) groups excluding carboxylic acids is 2. The molecule has 0 spiro atoms. The number of epoxide rings is 1. The first-order valence-electron chi connectivity index (χ1n) is 9.26. The summed E-state index contributed by atoms with van der Waals surface area (Å²) < 4.78 is 16.6. The van der Waals surface area contributed by atoms with E-state index < -0.39 is 11.6 Å². The van der Waals surface area contributed by atoms with Crippen molar-refractivity contribution in [1.29, 1.82) is 0 Å². The second kappa shape index (κ2) is 8.40. The van der Waals surface area contributed by atoms with Crippen molar-refractivity contribution in [3.05, 3.63) is 71.3 Å². The van der Waals surface area contributed by atoms with Crippen LogP contribution in [-0.2, 0) is 24.7 Å². The number of ether oxygens (including phenoxy) is 3. The van der Waals surface area contributed by atoms with Gasteiger partial charge in [0, 0.05) is 11.6 Å². The molecule has 0 amide bonds. The molecule has 0 aromatic heterocycles. The van der Waals surface area contributed by atoms with E-state index in [0.29, 0.717) is 17.9 Å². The summed E-state index contributed by atoms with van der Waals surface area (Å²) in [6, 6.07) is 15.1. The smallest absolute Gasteiger partial charge is 0.330 e. The fourth-order valence-electron chi connectivity index (χ4n) is 2.68. The van der Waals surface area contributed by atoms with Gasteiger partial charge in [-0.1, -0.05) is 56.3 Å². The summed E-state index contributed by atoms with van der Waals surface area (Å²) in [4.78, 5) is 24.1. The summed E-state index contributed by atoms with van der Waals surface area (Å²) in [5.74, 6) is -0.561. The number of carbonyl (C=O) groups is 2. The molecule has 0 N–H and O–H groups in total. The van der Waals surface area contributed by atoms with E-state index in [4.69, 9.17) is 14.2 Å². The topological polar surface area (TPSA) is 65.1 Å². The molecule has 1 heterocycles. The third-order valence-corrected chi connectivity index (χ3v) is 4.46. The Morgan fingerprint density at radius 2 is 1.89 bits per heavy atom. The fourth-order valence-corrected chi connectivity index (χ4v) is 2.68. The maximum absolute atomic E-state index is 12.1. The van der Waals surface area contributed by atoms with Crippen LogP contribution < -0.4 is 4.74 Å². The first-order chi connectivity index (χ1) is 13.4. The molecule has 0 saturated carbocycles. The van der Waals surface area contributed by atoms with E-state index >= 15 is 0 Å². The van der Waals surface area contributed by atoms with Crippen LogP contribution in [-0.4, -0.2) is 25.2 Å². The minimum atomic E-state index is -0.767. The first-order valence-corrected chi connectivity index (χ1v) is 9.26. The van der Waals surface area contributed by atoms with E-state index in [1.807, 2.05) is 49.4 Å². The van der Waals surface area contributed by atoms with Gasteiger partial charge < -0.3 is 14.2 Å². The van der Waals surface area contributed by atoms with Gasteiger partial charge in [-0.2, -0.15) is 0 Å². The molecule has 5 heteroatoms. The van der Waals surface area contributed by atoms with Crippen molar-refractivity contribution in [3.8, 4) is 5.75 Å². The van der Waals surface area contributed by atoms with Crippen LogP contribution in [0.25, 0.3) is 6.08 Å². The second-order valence-corrected chi connectivity index (χ2v) is 7.21. The van der Waals surface area contributed by atoms with Crippen LogP contribution in [0.15, 0.2) is 54.6 Å². The zero-order valence-electron chi connectivity index (χ0n) is 16.3. The zero-order valence-corrected chi connectivity index (χ0v) is 16.3. The van der Waals surface area contributed by atoms with Gasteiger partial charge in [-0.05, 0) is 30.2 Å². The zero-order chi connectivity index (χ0) is 20.1. The predicted molar refractivity (Wildman–Crippen MR) is 106 cm³/mol. The van der Waals surface area contributed by atoms with Crippen LogP contribution in [0.3, 0.4) is 0 Å². The third kappa shape index (κ3) is 4.87. The molecule has 0 bridgehead atoms. The fraction of sp³-hybridized carbons (Fsp3) is 0.304. The Morgan fingerprint density at radius 1 is 1.18 bits per heavy atom. The molecule has 2 aromatic rings. The van der Waals surface area contributed by atoms with E-state index in [9.17, 15) is 9.59 Å². The third-order valence-electron chi connectivity index (χ3n) is 4.46. The highest BCUT2D eigenvalue weighted by Gasteiger charge is 2.50. The summed E-state index contributed by atoms with van der Waals surface area (Å²) >= 11 is 0. The normalized spacial score (nSPS) is 18.3. The molecule has 146 valence electrons. The predicted octanol–water partition coefficient (Wildman–Crippen LogP) is 4.04. The van der Waals surface area contributed by atoms with Gasteiger partial charge in [-0.25, -0.2) is 4.79 Å². The van der Waals surface area contributed by atoms with E-state index in [-0.39, 0.29) is 18.5 Å². The molecule has 1 aliphatic heterocycles. The Balaban J connectivity index is 1.69. The van der Waals surface area contributed by atoms with Crippen molar-refractivity contribution in [2.24, 2.45) is 5.92 Å². The summed E-state index contributed by atoms with van der Waals surface area (Å²) in [6.45, 7) is 5.94. The van der Waals surface area contributed by atoms with Crippen LogP contribution in [0.5, 0.6) is 5.75 Å². The molecule has 2 aromatic carbocycles. The van der Waals surface area contributed by atoms with Gasteiger partial charge in [0.25, 0.3) is 0 Å². The maximum Gasteiger partial charge on any atom is 0.330 e. The highest BCUT2D eigenvalue weighted by atomic mass is 16.6. The van der Waals surface area contributed by atoms with Gasteiger partial charge in [0.05, 0.1) is 12.5 Å². The molecule has 1 aliphatic rings. The lowest BCUT2D eigenvalue weighted by Gasteiger charge is -2.17. The standard InChI is InChI=1S/C23H24O5/c1-16(2)22(25)28-20-13-17(3)9-11-19(20)23(15-27-23)14-26-21(24)12-10-18-7-5-4-6-8-18/h4-13,16H,14-15H2,1-3H3/b12-10+/t23-/m1/s1. The first kappa shape index (κ1) is 19.8. The van der Waals surface area contributed by atoms with Crippen LogP contribution in [0, 0.1) is 12.8 Å². The van der Waals surface area contributed by atoms with Gasteiger partial charge in [-0.3, -0.25) is 4.79 Å². The highest BCUT2D eigenvalue weighted by molar-refractivity contribution is 5.87. The van der Waals surface area contributed by atoms with Crippen molar-refractivity contribution in [2.75, 3.05) is 13.2 Å². The molecule has 0 radical (unpaired) electrons. The average Bonchev–Trinajstić information content (AvgIpc) is 3.46. The molecule has 5 nitrogen and oxygen atoms in total. The number of benzene rings is 2. The van der Waals surface area contributed by atoms with Crippen molar-refractivity contribution in [2.45, 2.75) is 26.4 Å². The SMILES string of the molecule is Cc1ccc([C@@]2(COC(=O)/C=C/c3ccccc3)CO2)c(OC(=O)C(C)C)c1. The van der Waals surface area contributed by atoms with Crippen LogP contribution >= 0.6 is 0 Å². The molecule has 0 aliphatic carbocycles. The van der Waals surface area contributed by atoms with Crippen LogP contribution in [0.4, 0.5) is 0 Å². The lowest BCUT2D eigenvalue weighted by molar-refractivity contribution is -0.140. The van der Waals surface area contributed by atoms with Crippen LogP contribution in [0.1, 0.15) is 30.5 Å². The lowest BCUT2D eigenvalue weighted by atomic mass is 9.98. The van der Waals surface area contributed by atoms with Gasteiger partial charge in [0.2, 0.25) is 0 Å². The van der Waals surface area contributed by atoms with Crippen molar-refractivity contribution < 1.29 is 23.8 Å². The average molecular weight is 380 g/mol. The highest BCUT2D eigenvalue weighted by Crippen LogP contribution is 2.44. The molecule has 28 heavy (non-hydrogen) atoms. The molecule has 3 rings (SSSR count). The van der Waals surface area contributed by atoms with E-state index in [1.54, 1.807) is 26.0 Å². The molecule has 1 fully saturated rings. The molecule has 1 atom stereocenters. The van der Waals surface area contributed by atoms with E-state index in [1.165, 1.54) is 6.08 Å². The summed E-state index contributed by atoms with van der Waals surface area (Å²) in [5, 5.41) is 0. The van der Waals surface area contributed by atoms with E-state index in [2.05, 4.69) is 0 Å².